The summed E-state index contributed by atoms with van der Waals surface area (Å²) in [6, 6.07) is 12.6. The van der Waals surface area contributed by atoms with Crippen LogP contribution < -0.4 is 0 Å². The van der Waals surface area contributed by atoms with E-state index in [9.17, 15) is 4.79 Å². The van der Waals surface area contributed by atoms with Crippen LogP contribution in [0.2, 0.25) is 13.1 Å². The van der Waals surface area contributed by atoms with Gasteiger partial charge >= 0.3 is 5.97 Å². The summed E-state index contributed by atoms with van der Waals surface area (Å²) in [5.41, 5.74) is 4.42. The van der Waals surface area contributed by atoms with Gasteiger partial charge in [-0.1, -0.05) is 50.3 Å². The van der Waals surface area contributed by atoms with Crippen molar-refractivity contribution in [2.24, 2.45) is 5.41 Å². The van der Waals surface area contributed by atoms with Crippen LogP contribution in [0.15, 0.2) is 54.9 Å². The minimum absolute atomic E-state index is 0.139. The van der Waals surface area contributed by atoms with E-state index in [1.807, 2.05) is 25.4 Å². The lowest BCUT2D eigenvalue weighted by atomic mass is 9.84. The lowest BCUT2D eigenvalue weighted by Crippen LogP contribution is -2.37. The SMILES string of the molecule is C[Si]OC(O[Si]C)C(C)(C)Cc1ccc(/C(=C/CCCCC(=O)O)c2cccnc2)cc1. The third kappa shape index (κ3) is 8.46. The molecule has 2 aromatic rings. The van der Waals surface area contributed by atoms with E-state index >= 15 is 0 Å². The Morgan fingerprint density at radius 2 is 1.78 bits per heavy atom. The van der Waals surface area contributed by atoms with Crippen LogP contribution in [0, 0.1) is 5.41 Å². The second kappa shape index (κ2) is 13.5. The smallest absolute Gasteiger partial charge is 0.303 e. The molecule has 1 heterocycles. The maximum absolute atomic E-state index is 10.7. The first-order chi connectivity index (χ1) is 15.4. The van der Waals surface area contributed by atoms with Gasteiger partial charge in [0, 0.05) is 29.8 Å². The van der Waals surface area contributed by atoms with Gasteiger partial charge in [0.25, 0.3) is 0 Å². The Bertz CT molecular complexity index is 848. The normalized spacial score (nSPS) is 12.3. The number of carbonyl (C=O) groups is 1. The van der Waals surface area contributed by atoms with Crippen molar-refractivity contribution in [3.05, 3.63) is 71.6 Å². The van der Waals surface area contributed by atoms with Crippen molar-refractivity contribution >= 4 is 31.1 Å². The number of hydrogen-bond acceptors (Lipinski definition) is 4. The molecule has 0 unspecified atom stereocenters. The number of pyridine rings is 1. The molecule has 7 heteroatoms. The van der Waals surface area contributed by atoms with Gasteiger partial charge in [-0.25, -0.2) is 0 Å². The van der Waals surface area contributed by atoms with Crippen LogP contribution in [0.25, 0.3) is 5.57 Å². The van der Waals surface area contributed by atoms with Crippen LogP contribution in [0.3, 0.4) is 0 Å². The summed E-state index contributed by atoms with van der Waals surface area (Å²) < 4.78 is 11.8. The predicted molar refractivity (Wildman–Crippen MR) is 131 cm³/mol. The van der Waals surface area contributed by atoms with Gasteiger partial charge in [0.05, 0.1) is 0 Å². The molecule has 0 amide bonds. The van der Waals surface area contributed by atoms with Crippen LogP contribution in [0.4, 0.5) is 0 Å². The fourth-order valence-corrected chi connectivity index (χ4v) is 4.82. The molecule has 0 aliphatic heterocycles. The fraction of sp³-hybridized carbons (Fsp3) is 0.440. The predicted octanol–water partition coefficient (Wildman–Crippen LogP) is 5.42. The van der Waals surface area contributed by atoms with Gasteiger partial charge in [-0.3, -0.25) is 9.78 Å². The van der Waals surface area contributed by atoms with E-state index in [1.54, 1.807) is 6.20 Å². The van der Waals surface area contributed by atoms with Crippen LogP contribution in [0.1, 0.15) is 56.2 Å². The maximum atomic E-state index is 10.7. The molecule has 0 aliphatic rings. The molecule has 1 N–H and O–H groups in total. The van der Waals surface area contributed by atoms with Gasteiger partial charge in [0.1, 0.15) is 6.29 Å². The summed E-state index contributed by atoms with van der Waals surface area (Å²) in [5.74, 6) is -0.739. The summed E-state index contributed by atoms with van der Waals surface area (Å²) in [5, 5.41) is 8.84. The summed E-state index contributed by atoms with van der Waals surface area (Å²) in [4.78, 5) is 15.0. The number of unbranched alkanes of at least 4 members (excludes halogenated alkanes) is 2. The maximum Gasteiger partial charge on any atom is 0.303 e. The molecule has 0 saturated carbocycles. The van der Waals surface area contributed by atoms with Crippen molar-refractivity contribution < 1.29 is 18.8 Å². The first-order valence-corrected chi connectivity index (χ1v) is 13.8. The van der Waals surface area contributed by atoms with Crippen molar-refractivity contribution in [1.82, 2.24) is 4.98 Å². The summed E-state index contributed by atoms with van der Waals surface area (Å²) in [7, 11) is 0.784. The van der Waals surface area contributed by atoms with Crippen LogP contribution in [0.5, 0.6) is 0 Å². The highest BCUT2D eigenvalue weighted by atomic mass is 28.2. The quantitative estimate of drug-likeness (QED) is 0.228. The molecule has 0 atom stereocenters. The number of aliphatic carboxylic acids is 1. The first kappa shape index (κ1) is 26.2. The van der Waals surface area contributed by atoms with Crippen LogP contribution >= 0.6 is 0 Å². The lowest BCUT2D eigenvalue weighted by molar-refractivity contribution is -0.137. The van der Waals surface area contributed by atoms with E-state index in [1.165, 1.54) is 5.56 Å². The van der Waals surface area contributed by atoms with Crippen molar-refractivity contribution in [3.8, 4) is 0 Å². The number of carboxylic acids is 1. The average Bonchev–Trinajstić information content (AvgIpc) is 2.77. The number of allylic oxidation sites excluding steroid dienone is 1. The van der Waals surface area contributed by atoms with Gasteiger partial charge in [0.2, 0.25) is 19.5 Å². The Morgan fingerprint density at radius 3 is 2.34 bits per heavy atom. The average molecular weight is 468 g/mol. The zero-order valence-electron chi connectivity index (χ0n) is 19.4. The van der Waals surface area contributed by atoms with Crippen molar-refractivity contribution in [3.63, 3.8) is 0 Å². The van der Waals surface area contributed by atoms with Gasteiger partial charge in [0.15, 0.2) is 0 Å². The van der Waals surface area contributed by atoms with Crippen molar-refractivity contribution in [2.45, 2.75) is 65.3 Å². The Balaban J connectivity index is 2.17. The highest BCUT2D eigenvalue weighted by molar-refractivity contribution is 6.26. The largest absolute Gasteiger partial charge is 0.481 e. The Hall–Kier alpha value is -2.07. The molecule has 0 bridgehead atoms. The first-order valence-electron chi connectivity index (χ1n) is 10.9. The van der Waals surface area contributed by atoms with Gasteiger partial charge in [-0.2, -0.15) is 0 Å². The summed E-state index contributed by atoms with van der Waals surface area (Å²) in [6.45, 7) is 8.41. The molecule has 5 nitrogen and oxygen atoms in total. The molecule has 0 saturated heterocycles. The lowest BCUT2D eigenvalue weighted by Gasteiger charge is -2.34. The summed E-state index contributed by atoms with van der Waals surface area (Å²) in [6.07, 6.45) is 9.05. The topological polar surface area (TPSA) is 68.7 Å². The molecule has 1 aromatic heterocycles. The zero-order chi connectivity index (χ0) is 23.4. The summed E-state index contributed by atoms with van der Waals surface area (Å²) >= 11 is 0. The van der Waals surface area contributed by atoms with E-state index in [0.29, 0.717) is 25.9 Å². The number of carboxylic acid groups (broad SMARTS) is 1. The number of hydrogen-bond donors (Lipinski definition) is 1. The highest BCUT2D eigenvalue weighted by Gasteiger charge is 2.30. The van der Waals surface area contributed by atoms with Gasteiger partial charge in [-0.05, 0) is 61.5 Å². The molecule has 0 aliphatic carbocycles. The molecule has 32 heavy (non-hydrogen) atoms. The number of nitrogens with zero attached hydrogens (tertiary/aromatic N) is 1. The molecule has 0 spiro atoms. The van der Waals surface area contributed by atoms with Crippen molar-refractivity contribution in [1.29, 1.82) is 0 Å². The third-order valence-electron chi connectivity index (χ3n) is 5.18. The number of aromatic nitrogens is 1. The second-order valence-electron chi connectivity index (χ2n) is 8.34. The van der Waals surface area contributed by atoms with E-state index in [-0.39, 0.29) is 18.1 Å². The zero-order valence-corrected chi connectivity index (χ0v) is 21.4. The minimum Gasteiger partial charge on any atom is -0.481 e. The van der Waals surface area contributed by atoms with E-state index in [0.717, 1.165) is 36.0 Å². The van der Waals surface area contributed by atoms with E-state index in [4.69, 9.17) is 14.0 Å². The van der Waals surface area contributed by atoms with Crippen LogP contribution in [-0.2, 0) is 20.1 Å². The monoisotopic (exact) mass is 467 g/mol. The number of rotatable bonds is 14. The third-order valence-corrected chi connectivity index (χ3v) is 6.08. The Kier molecular flexibility index (Phi) is 11.0. The minimum atomic E-state index is -0.739. The van der Waals surface area contributed by atoms with Crippen LogP contribution in [-0.4, -0.2) is 41.9 Å². The van der Waals surface area contributed by atoms with Gasteiger partial charge < -0.3 is 14.0 Å². The highest BCUT2D eigenvalue weighted by Crippen LogP contribution is 2.30. The molecule has 0 fully saturated rings. The Morgan fingerprint density at radius 1 is 1.09 bits per heavy atom. The molecule has 4 radical (unpaired) electrons. The van der Waals surface area contributed by atoms with Crippen molar-refractivity contribution in [2.75, 3.05) is 0 Å². The molecule has 2 rings (SSSR count). The fourth-order valence-electron chi connectivity index (χ4n) is 3.56. The molecular formula is C25H33NO4Si2. The molecule has 1 aromatic carbocycles. The van der Waals surface area contributed by atoms with Gasteiger partial charge in [-0.15, -0.1) is 0 Å². The van der Waals surface area contributed by atoms with E-state index in [2.05, 4.69) is 55.2 Å². The number of benzene rings is 1. The Labute approximate surface area is 197 Å². The van der Waals surface area contributed by atoms with E-state index < -0.39 is 5.97 Å². The molecule has 170 valence electrons. The molecular weight excluding hydrogens is 434 g/mol. The second-order valence-corrected chi connectivity index (χ2v) is 9.63. The standard InChI is InChI=1S/C25H33NO4Si2/c1-25(2,24(29-31-3)30-32-4)17-19-12-14-20(15-13-19)22(21-9-8-16-26-18-21)10-6-5-7-11-23(27)28/h8-10,12-16,18,24H,5-7,11,17H2,1-4H3,(H,27,28)/b22-10-.